The maximum Gasteiger partial charge on any atom is 0.251 e. The normalized spacial score (nSPS) is 21.7. The van der Waals surface area contributed by atoms with Crippen LogP contribution in [-0.4, -0.2) is 76.9 Å². The third kappa shape index (κ3) is 5.53. The Balaban J connectivity index is 1.03. The first kappa shape index (κ1) is 29.0. The number of ether oxygens (including phenoxy) is 1. The zero-order chi connectivity index (χ0) is 31.2. The minimum Gasteiger partial charge on any atom is -0.380 e. The van der Waals surface area contributed by atoms with Crippen molar-refractivity contribution in [2.75, 3.05) is 47.7 Å². The van der Waals surface area contributed by atoms with E-state index in [0.717, 1.165) is 39.9 Å². The second-order valence-electron chi connectivity index (χ2n) is 11.6. The summed E-state index contributed by atoms with van der Waals surface area (Å²) in [6.07, 6.45) is 5.04. The van der Waals surface area contributed by atoms with Crippen LogP contribution in [0.1, 0.15) is 30.9 Å². The van der Waals surface area contributed by atoms with Gasteiger partial charge in [0.25, 0.3) is 5.91 Å². The summed E-state index contributed by atoms with van der Waals surface area (Å²) in [5.41, 5.74) is 4.41. The highest BCUT2D eigenvalue weighted by Gasteiger charge is 2.32. The van der Waals surface area contributed by atoms with Gasteiger partial charge in [0.2, 0.25) is 17.8 Å². The van der Waals surface area contributed by atoms with Crippen molar-refractivity contribution in [1.29, 1.82) is 0 Å². The maximum absolute atomic E-state index is 12.4. The van der Waals surface area contributed by atoms with Crippen molar-refractivity contribution in [2.24, 2.45) is 0 Å². The number of nitrogens with zero attached hydrogens (tertiary/aromatic N) is 6. The number of carbonyl (C=O) groups excluding carboxylic acids is 3. The molecule has 7 rings (SSSR count). The summed E-state index contributed by atoms with van der Waals surface area (Å²) < 4.78 is 7.60. The lowest BCUT2D eigenvalue weighted by atomic mass is 10.0. The minimum atomic E-state index is -0.506. The van der Waals surface area contributed by atoms with E-state index >= 15 is 0 Å². The first-order valence-corrected chi connectivity index (χ1v) is 15.2. The van der Waals surface area contributed by atoms with Crippen LogP contribution in [0.15, 0.2) is 48.8 Å². The summed E-state index contributed by atoms with van der Waals surface area (Å²) >= 11 is 6.48. The number of hydrogen-bond acceptors (Lipinski definition) is 10. The highest BCUT2D eigenvalue weighted by molar-refractivity contribution is 6.32. The molecule has 0 radical (unpaired) electrons. The van der Waals surface area contributed by atoms with E-state index in [1.165, 1.54) is 0 Å². The van der Waals surface area contributed by atoms with E-state index in [-0.39, 0.29) is 29.9 Å². The van der Waals surface area contributed by atoms with Gasteiger partial charge in [-0.15, -0.1) is 0 Å². The van der Waals surface area contributed by atoms with E-state index in [1.807, 2.05) is 36.4 Å². The summed E-state index contributed by atoms with van der Waals surface area (Å²) in [4.78, 5) is 49.1. The van der Waals surface area contributed by atoms with Crippen molar-refractivity contribution in [3.63, 3.8) is 0 Å². The van der Waals surface area contributed by atoms with E-state index in [4.69, 9.17) is 21.3 Å². The summed E-state index contributed by atoms with van der Waals surface area (Å²) in [6.45, 7) is 1.26. The largest absolute Gasteiger partial charge is 0.380 e. The summed E-state index contributed by atoms with van der Waals surface area (Å²) in [7, 11) is 3.47. The van der Waals surface area contributed by atoms with Crippen LogP contribution in [0.3, 0.4) is 0 Å². The number of likely N-dealkylation sites (N-methyl/N-ethyl adjacent to an activating group) is 1. The second kappa shape index (κ2) is 11.6. The lowest BCUT2D eigenvalue weighted by Crippen LogP contribution is -2.51. The fourth-order valence-electron chi connectivity index (χ4n) is 6.31. The summed E-state index contributed by atoms with van der Waals surface area (Å²) in [5, 5.41) is 15.1. The third-order valence-electron chi connectivity index (χ3n) is 8.75. The van der Waals surface area contributed by atoms with E-state index in [9.17, 15) is 14.4 Å². The fourth-order valence-corrected chi connectivity index (χ4v) is 6.44. The van der Waals surface area contributed by atoms with Gasteiger partial charge in [0, 0.05) is 56.1 Å². The number of methoxy groups -OCH3 is 1. The minimum absolute atomic E-state index is 0.0334. The van der Waals surface area contributed by atoms with E-state index < -0.39 is 6.04 Å². The van der Waals surface area contributed by atoms with Crippen LogP contribution in [0, 0.1) is 0 Å². The monoisotopic (exact) mass is 629 g/mol. The van der Waals surface area contributed by atoms with Crippen LogP contribution in [0.4, 0.5) is 28.8 Å². The predicted octanol–water partition coefficient (Wildman–Crippen LogP) is 3.43. The molecule has 2 aromatic carbocycles. The molecule has 2 saturated heterocycles. The van der Waals surface area contributed by atoms with Crippen molar-refractivity contribution in [3.05, 3.63) is 59.4 Å². The number of halogens is 1. The maximum atomic E-state index is 12.4. The van der Waals surface area contributed by atoms with E-state index in [0.29, 0.717) is 49.1 Å². The van der Waals surface area contributed by atoms with Crippen LogP contribution in [0.2, 0.25) is 5.02 Å². The highest BCUT2D eigenvalue weighted by atomic mass is 35.5. The Morgan fingerprint density at radius 1 is 1.07 bits per heavy atom. The Kier molecular flexibility index (Phi) is 7.50. The van der Waals surface area contributed by atoms with Gasteiger partial charge in [0.15, 0.2) is 5.82 Å². The van der Waals surface area contributed by atoms with Crippen LogP contribution < -0.4 is 25.8 Å². The Hall–Kier alpha value is -4.75. The van der Waals surface area contributed by atoms with Crippen LogP contribution in [0.5, 0.6) is 0 Å². The van der Waals surface area contributed by atoms with Gasteiger partial charge in [-0.25, -0.2) is 4.98 Å². The molecular weight excluding hydrogens is 598 g/mol. The molecule has 0 bridgehead atoms. The molecule has 2 fully saturated rings. The smallest absolute Gasteiger partial charge is 0.251 e. The second-order valence-corrected chi connectivity index (χ2v) is 12.0. The number of imide groups is 1. The van der Waals surface area contributed by atoms with Gasteiger partial charge < -0.3 is 25.2 Å². The molecule has 13 nitrogen and oxygen atoms in total. The fraction of sp³-hybridized carbons (Fsp3) is 0.355. The zero-order valence-corrected chi connectivity index (χ0v) is 25.5. The standard InChI is InChI=1S/C31H32ClN9O4/c1-39-23-5-3-20(11-17(23)13-28(39)43)36-29-21(32)15-33-31(38-29)40-10-9-22(26(16-40)45-2)35-19-4-6-24-18(12-19)14-34-41(24)25-7-8-27(42)37-30(25)44/h3-6,11-12,14-15,22,25-26,35H,7-10,13,16H2,1-2H3,(H,33,36,38)(H,37,42,44)/t22-,25?,26-/m1/s1. The first-order valence-electron chi connectivity index (χ1n) is 14.8. The lowest BCUT2D eigenvalue weighted by Gasteiger charge is -2.38. The summed E-state index contributed by atoms with van der Waals surface area (Å²) in [6, 6.07) is 11.2. The van der Waals surface area contributed by atoms with Gasteiger partial charge in [0.05, 0.1) is 36.5 Å². The number of hydrogen-bond donors (Lipinski definition) is 3. The number of aromatic nitrogens is 4. The average molecular weight is 630 g/mol. The van der Waals surface area contributed by atoms with Crippen molar-refractivity contribution in [3.8, 4) is 0 Å². The molecule has 3 aliphatic rings. The lowest BCUT2D eigenvalue weighted by molar-refractivity contribution is -0.135. The van der Waals surface area contributed by atoms with Crippen LogP contribution >= 0.6 is 11.6 Å². The van der Waals surface area contributed by atoms with Crippen LogP contribution in [0.25, 0.3) is 10.9 Å². The molecule has 3 aliphatic heterocycles. The Labute approximate surface area is 263 Å². The molecule has 5 heterocycles. The Morgan fingerprint density at radius 2 is 1.91 bits per heavy atom. The van der Waals surface area contributed by atoms with Gasteiger partial charge in [-0.3, -0.25) is 24.4 Å². The summed E-state index contributed by atoms with van der Waals surface area (Å²) in [5.74, 6) is 0.520. The average Bonchev–Trinajstić information content (AvgIpc) is 3.57. The number of amides is 3. The number of nitrogens with one attached hydrogen (secondary N) is 3. The molecule has 1 unspecified atom stereocenters. The highest BCUT2D eigenvalue weighted by Crippen LogP contribution is 2.33. The van der Waals surface area contributed by atoms with Crippen LogP contribution in [-0.2, 0) is 25.5 Å². The molecule has 0 aliphatic carbocycles. The molecule has 45 heavy (non-hydrogen) atoms. The van der Waals surface area contributed by atoms with Crippen molar-refractivity contribution >= 4 is 69.1 Å². The molecule has 14 heteroatoms. The van der Waals surface area contributed by atoms with E-state index in [1.54, 1.807) is 36.1 Å². The number of benzene rings is 2. The van der Waals surface area contributed by atoms with Gasteiger partial charge >= 0.3 is 0 Å². The molecule has 4 aromatic rings. The molecule has 0 spiro atoms. The number of rotatable bonds is 7. The number of anilines is 5. The van der Waals surface area contributed by atoms with Gasteiger partial charge in [-0.2, -0.15) is 10.1 Å². The zero-order valence-electron chi connectivity index (χ0n) is 24.8. The van der Waals surface area contributed by atoms with Crippen molar-refractivity contribution in [1.82, 2.24) is 25.1 Å². The molecule has 3 atom stereocenters. The number of carbonyl (C=O) groups is 3. The Morgan fingerprint density at radius 3 is 2.73 bits per heavy atom. The first-order chi connectivity index (χ1) is 21.8. The van der Waals surface area contributed by atoms with Crippen molar-refractivity contribution < 1.29 is 19.1 Å². The number of piperidine rings is 2. The van der Waals surface area contributed by atoms with Gasteiger partial charge in [0.1, 0.15) is 11.1 Å². The van der Waals surface area contributed by atoms with Gasteiger partial charge in [-0.05, 0) is 54.8 Å². The molecule has 0 saturated carbocycles. The molecular formula is C31H32ClN9O4. The Bertz CT molecular complexity index is 1830. The predicted molar refractivity (Wildman–Crippen MR) is 170 cm³/mol. The van der Waals surface area contributed by atoms with Gasteiger partial charge in [-0.1, -0.05) is 11.6 Å². The molecule has 232 valence electrons. The SMILES string of the molecule is CO[C@@H]1CN(c2ncc(Cl)c(Nc3ccc4c(c3)CC(=O)N4C)n2)CC[C@H]1Nc1ccc2c(cnn2C2CCC(=O)NC2=O)c1. The topological polar surface area (TPSA) is 147 Å². The van der Waals surface area contributed by atoms with E-state index in [2.05, 4.69) is 30.9 Å². The number of fused-ring (bicyclic) bond motifs is 2. The quantitative estimate of drug-likeness (QED) is 0.260. The van der Waals surface area contributed by atoms with Crippen molar-refractivity contribution in [2.45, 2.75) is 43.9 Å². The molecule has 3 N–H and O–H groups in total. The molecule has 3 amide bonds. The third-order valence-corrected chi connectivity index (χ3v) is 9.03. The molecule has 2 aromatic heterocycles.